The number of nitrogens with two attached hydrogens (primary N) is 1. The molecule has 22 heavy (non-hydrogen) atoms. The maximum Gasteiger partial charge on any atom is 0.127 e. The minimum absolute atomic E-state index is 0. The summed E-state index contributed by atoms with van der Waals surface area (Å²) in [6, 6.07) is 18.3. The van der Waals surface area contributed by atoms with Crippen LogP contribution in [0.4, 0.5) is 0 Å². The smallest absolute Gasteiger partial charge is 0.127 e. The number of hydrogen-bond acceptors (Lipinski definition) is 2. The van der Waals surface area contributed by atoms with Gasteiger partial charge < -0.3 is 10.5 Å². The van der Waals surface area contributed by atoms with Gasteiger partial charge in [0.05, 0.1) is 0 Å². The number of benzene rings is 2. The summed E-state index contributed by atoms with van der Waals surface area (Å²) in [6.45, 7) is 0. The average molecular weight is 318 g/mol. The highest BCUT2D eigenvalue weighted by molar-refractivity contribution is 5.85. The van der Waals surface area contributed by atoms with Crippen molar-refractivity contribution in [3.05, 3.63) is 60.2 Å². The van der Waals surface area contributed by atoms with Crippen molar-refractivity contribution in [1.82, 2.24) is 0 Å². The summed E-state index contributed by atoms with van der Waals surface area (Å²) in [5, 5.41) is 0. The molecule has 2 aromatic carbocycles. The molecule has 0 bridgehead atoms. The van der Waals surface area contributed by atoms with Crippen molar-refractivity contribution < 1.29 is 4.74 Å². The lowest BCUT2D eigenvalue weighted by atomic mass is 9.81. The van der Waals surface area contributed by atoms with E-state index in [4.69, 9.17) is 10.5 Å². The maximum absolute atomic E-state index is 6.43. The van der Waals surface area contributed by atoms with Crippen molar-refractivity contribution in [3.8, 4) is 11.5 Å². The molecule has 1 fully saturated rings. The molecular formula is C19H24ClNO. The predicted octanol–water partition coefficient (Wildman–Crippen LogP) is 5.48. The molecule has 0 amide bonds. The maximum atomic E-state index is 6.43. The average Bonchev–Trinajstić information content (AvgIpc) is 2.57. The fourth-order valence-electron chi connectivity index (χ4n) is 3.15. The summed E-state index contributed by atoms with van der Waals surface area (Å²) in [7, 11) is 0. The van der Waals surface area contributed by atoms with E-state index in [2.05, 4.69) is 12.1 Å². The molecular weight excluding hydrogens is 294 g/mol. The van der Waals surface area contributed by atoms with Crippen LogP contribution >= 0.6 is 12.4 Å². The van der Waals surface area contributed by atoms with Crippen LogP contribution < -0.4 is 10.5 Å². The van der Waals surface area contributed by atoms with Gasteiger partial charge in [0.1, 0.15) is 11.5 Å². The monoisotopic (exact) mass is 317 g/mol. The molecule has 3 heteroatoms. The van der Waals surface area contributed by atoms with E-state index in [0.717, 1.165) is 11.5 Å². The summed E-state index contributed by atoms with van der Waals surface area (Å²) < 4.78 is 5.82. The summed E-state index contributed by atoms with van der Waals surface area (Å²) in [5.41, 5.74) is 7.66. The Kier molecular flexibility index (Phi) is 6.29. The van der Waals surface area contributed by atoms with E-state index in [1.165, 1.54) is 37.7 Å². The number of halogens is 1. The molecule has 2 N–H and O–H groups in total. The van der Waals surface area contributed by atoms with E-state index in [1.807, 2.05) is 42.5 Å². The van der Waals surface area contributed by atoms with Crippen molar-refractivity contribution in [1.29, 1.82) is 0 Å². The van der Waals surface area contributed by atoms with Gasteiger partial charge in [-0.1, -0.05) is 49.6 Å². The van der Waals surface area contributed by atoms with Crippen LogP contribution in [0.5, 0.6) is 11.5 Å². The van der Waals surface area contributed by atoms with Gasteiger partial charge >= 0.3 is 0 Å². The lowest BCUT2D eigenvalue weighted by molar-refractivity contribution is 0.308. The molecule has 1 atom stereocenters. The highest BCUT2D eigenvalue weighted by Crippen LogP contribution is 2.33. The Morgan fingerprint density at radius 3 is 2.05 bits per heavy atom. The van der Waals surface area contributed by atoms with Crippen molar-refractivity contribution in [2.24, 2.45) is 11.7 Å². The molecule has 0 spiro atoms. The van der Waals surface area contributed by atoms with Gasteiger partial charge in [0.25, 0.3) is 0 Å². The quantitative estimate of drug-likeness (QED) is 0.810. The first kappa shape index (κ1) is 16.9. The van der Waals surface area contributed by atoms with Gasteiger partial charge in [-0.05, 0) is 48.6 Å². The second-order valence-corrected chi connectivity index (χ2v) is 5.91. The summed E-state index contributed by atoms with van der Waals surface area (Å²) in [4.78, 5) is 0. The lowest BCUT2D eigenvalue weighted by Crippen LogP contribution is -2.23. The predicted molar refractivity (Wildman–Crippen MR) is 93.7 cm³/mol. The van der Waals surface area contributed by atoms with Crippen molar-refractivity contribution in [2.45, 2.75) is 38.1 Å². The Balaban J connectivity index is 0.00000176. The van der Waals surface area contributed by atoms with Crippen molar-refractivity contribution in [3.63, 3.8) is 0 Å². The Morgan fingerprint density at radius 2 is 1.41 bits per heavy atom. The van der Waals surface area contributed by atoms with Crippen LogP contribution in [0.25, 0.3) is 0 Å². The van der Waals surface area contributed by atoms with Gasteiger partial charge in [-0.2, -0.15) is 0 Å². The summed E-state index contributed by atoms with van der Waals surface area (Å²) in [5.74, 6) is 2.36. The van der Waals surface area contributed by atoms with Crippen LogP contribution in [-0.2, 0) is 0 Å². The van der Waals surface area contributed by atoms with Gasteiger partial charge in [0.15, 0.2) is 0 Å². The third kappa shape index (κ3) is 4.25. The number of rotatable bonds is 4. The zero-order valence-corrected chi connectivity index (χ0v) is 13.6. The molecule has 1 aliphatic rings. The Bertz CT molecular complexity index is 549. The van der Waals surface area contributed by atoms with E-state index >= 15 is 0 Å². The first-order valence-corrected chi connectivity index (χ1v) is 7.91. The second kappa shape index (κ2) is 8.21. The van der Waals surface area contributed by atoms with E-state index in [0.29, 0.717) is 5.92 Å². The summed E-state index contributed by atoms with van der Waals surface area (Å²) >= 11 is 0. The van der Waals surface area contributed by atoms with E-state index in [9.17, 15) is 0 Å². The molecule has 0 radical (unpaired) electrons. The molecule has 0 aliphatic heterocycles. The zero-order chi connectivity index (χ0) is 14.5. The highest BCUT2D eigenvalue weighted by atomic mass is 35.5. The molecule has 1 saturated carbocycles. The summed E-state index contributed by atoms with van der Waals surface area (Å²) in [6.07, 6.45) is 6.56. The molecule has 3 rings (SSSR count). The van der Waals surface area contributed by atoms with Crippen LogP contribution in [0.3, 0.4) is 0 Å². The van der Waals surface area contributed by atoms with Gasteiger partial charge in [-0.15, -0.1) is 12.4 Å². The fraction of sp³-hybridized carbons (Fsp3) is 0.368. The van der Waals surface area contributed by atoms with Gasteiger partial charge in [-0.25, -0.2) is 0 Å². The van der Waals surface area contributed by atoms with Gasteiger partial charge in [-0.3, -0.25) is 0 Å². The minimum Gasteiger partial charge on any atom is -0.457 e. The zero-order valence-electron chi connectivity index (χ0n) is 12.8. The normalized spacial score (nSPS) is 16.6. The third-order valence-electron chi connectivity index (χ3n) is 4.40. The van der Waals surface area contributed by atoms with Crippen LogP contribution in [0, 0.1) is 5.92 Å². The van der Waals surface area contributed by atoms with Gasteiger partial charge in [0, 0.05) is 6.04 Å². The van der Waals surface area contributed by atoms with Crippen LogP contribution in [-0.4, -0.2) is 0 Å². The third-order valence-corrected chi connectivity index (χ3v) is 4.40. The number of para-hydroxylation sites is 1. The first-order chi connectivity index (χ1) is 10.3. The van der Waals surface area contributed by atoms with E-state index in [1.54, 1.807) is 0 Å². The molecule has 2 aromatic rings. The van der Waals surface area contributed by atoms with Crippen LogP contribution in [0.2, 0.25) is 0 Å². The SMILES string of the molecule is Cl.N[C@@H](c1ccc(Oc2ccccc2)cc1)C1CCCCC1. The second-order valence-electron chi connectivity index (χ2n) is 5.91. The Morgan fingerprint density at radius 1 is 0.818 bits per heavy atom. The number of ether oxygens (including phenoxy) is 1. The first-order valence-electron chi connectivity index (χ1n) is 7.91. The standard InChI is InChI=1S/C19H23NO.ClH/c20-19(15-7-3-1-4-8-15)16-11-13-18(14-12-16)21-17-9-5-2-6-10-17;/h2,5-6,9-15,19H,1,3-4,7-8,20H2;1H/t19-;/m1./s1. The van der Waals surface area contributed by atoms with E-state index < -0.39 is 0 Å². The van der Waals surface area contributed by atoms with Crippen LogP contribution in [0.15, 0.2) is 54.6 Å². The molecule has 0 heterocycles. The molecule has 118 valence electrons. The van der Waals surface area contributed by atoms with Crippen LogP contribution in [0.1, 0.15) is 43.7 Å². The molecule has 0 saturated heterocycles. The Labute approximate surface area is 139 Å². The minimum atomic E-state index is 0. The molecule has 0 aromatic heterocycles. The fourth-order valence-corrected chi connectivity index (χ4v) is 3.15. The van der Waals surface area contributed by atoms with Crippen molar-refractivity contribution in [2.75, 3.05) is 0 Å². The largest absolute Gasteiger partial charge is 0.457 e. The van der Waals surface area contributed by atoms with Crippen molar-refractivity contribution >= 4 is 12.4 Å². The molecule has 1 aliphatic carbocycles. The van der Waals surface area contributed by atoms with Gasteiger partial charge in [0.2, 0.25) is 0 Å². The Hall–Kier alpha value is -1.51. The highest BCUT2D eigenvalue weighted by Gasteiger charge is 2.21. The topological polar surface area (TPSA) is 35.2 Å². The molecule has 2 nitrogen and oxygen atoms in total. The number of hydrogen-bond donors (Lipinski definition) is 1. The van der Waals surface area contributed by atoms with E-state index in [-0.39, 0.29) is 18.4 Å². The lowest BCUT2D eigenvalue weighted by Gasteiger charge is -2.27. The molecule has 0 unspecified atom stereocenters.